The minimum Gasteiger partial charge on any atom is -0.490 e. The van der Waals surface area contributed by atoms with Crippen molar-refractivity contribution in [1.29, 1.82) is 0 Å². The first-order valence-electron chi connectivity index (χ1n) is 9.63. The Labute approximate surface area is 159 Å². The number of benzene rings is 1. The number of fused-ring (bicyclic) bond motifs is 1. The molecular weight excluding hydrogens is 344 g/mol. The molecule has 0 unspecified atom stereocenters. The third-order valence-corrected chi connectivity index (χ3v) is 5.03. The van der Waals surface area contributed by atoms with Gasteiger partial charge < -0.3 is 20.1 Å². The number of aromatic nitrogens is 1. The van der Waals surface area contributed by atoms with Crippen LogP contribution in [-0.4, -0.2) is 61.4 Å². The predicted molar refractivity (Wildman–Crippen MR) is 104 cm³/mol. The second kappa shape index (κ2) is 8.65. The standard InChI is InChI=1S/C20H26N4O3/c25-20(5-8-24-9-10-26-14-24)23-19-12-16-11-18(2-1-15(16)13-22-19)27-17-3-6-21-7-4-17/h1-2,11-13,17,21H,3-10,14H2,(H,22,23,25). The number of pyridine rings is 1. The zero-order valence-corrected chi connectivity index (χ0v) is 15.4. The summed E-state index contributed by atoms with van der Waals surface area (Å²) < 4.78 is 11.4. The molecular formula is C20H26N4O3. The van der Waals surface area contributed by atoms with Crippen LogP contribution in [0, 0.1) is 0 Å². The highest BCUT2D eigenvalue weighted by molar-refractivity contribution is 5.93. The molecule has 0 aliphatic carbocycles. The van der Waals surface area contributed by atoms with Gasteiger partial charge in [-0.15, -0.1) is 0 Å². The molecule has 2 fully saturated rings. The lowest BCUT2D eigenvalue weighted by atomic mass is 10.1. The number of carbonyl (C=O) groups excluding carboxylic acids is 1. The number of carbonyl (C=O) groups is 1. The summed E-state index contributed by atoms with van der Waals surface area (Å²) in [5, 5.41) is 8.28. The van der Waals surface area contributed by atoms with Crippen molar-refractivity contribution in [2.24, 2.45) is 0 Å². The highest BCUT2D eigenvalue weighted by Gasteiger charge is 2.15. The number of anilines is 1. The van der Waals surface area contributed by atoms with E-state index >= 15 is 0 Å². The molecule has 2 saturated heterocycles. The van der Waals surface area contributed by atoms with E-state index in [0.29, 0.717) is 25.5 Å². The average molecular weight is 370 g/mol. The number of amides is 1. The van der Waals surface area contributed by atoms with Gasteiger partial charge in [0.15, 0.2) is 0 Å². The molecule has 3 heterocycles. The Balaban J connectivity index is 1.38. The molecule has 0 saturated carbocycles. The number of nitrogens with one attached hydrogen (secondary N) is 2. The predicted octanol–water partition coefficient (Wildman–Crippen LogP) is 1.98. The van der Waals surface area contributed by atoms with E-state index in [9.17, 15) is 4.79 Å². The number of hydrogen-bond donors (Lipinski definition) is 2. The Bertz CT molecular complexity index is 786. The summed E-state index contributed by atoms with van der Waals surface area (Å²) in [6, 6.07) is 7.93. The second-order valence-corrected chi connectivity index (χ2v) is 7.10. The molecule has 4 rings (SSSR count). The van der Waals surface area contributed by atoms with E-state index in [2.05, 4.69) is 20.5 Å². The van der Waals surface area contributed by atoms with Crippen molar-refractivity contribution < 1.29 is 14.3 Å². The van der Waals surface area contributed by atoms with Crippen LogP contribution < -0.4 is 15.4 Å². The van der Waals surface area contributed by atoms with Gasteiger partial charge in [-0.2, -0.15) is 0 Å². The summed E-state index contributed by atoms with van der Waals surface area (Å²) in [4.78, 5) is 18.7. The largest absolute Gasteiger partial charge is 0.490 e. The van der Waals surface area contributed by atoms with Crippen molar-refractivity contribution >= 4 is 22.5 Å². The highest BCUT2D eigenvalue weighted by Crippen LogP contribution is 2.24. The molecule has 0 atom stereocenters. The van der Waals surface area contributed by atoms with Gasteiger partial charge in [-0.25, -0.2) is 4.98 Å². The Hall–Kier alpha value is -2.22. The molecule has 1 amide bonds. The van der Waals surface area contributed by atoms with Gasteiger partial charge in [0.25, 0.3) is 0 Å². The molecule has 2 N–H and O–H groups in total. The first kappa shape index (κ1) is 18.2. The van der Waals surface area contributed by atoms with Crippen LogP contribution in [0.5, 0.6) is 5.75 Å². The Kier molecular flexibility index (Phi) is 5.81. The number of rotatable bonds is 6. The average Bonchev–Trinajstić information content (AvgIpc) is 3.21. The summed E-state index contributed by atoms with van der Waals surface area (Å²) in [6.07, 6.45) is 4.53. The summed E-state index contributed by atoms with van der Waals surface area (Å²) in [6.45, 7) is 4.95. The van der Waals surface area contributed by atoms with Crippen molar-refractivity contribution in [3.05, 3.63) is 30.5 Å². The second-order valence-electron chi connectivity index (χ2n) is 7.10. The SMILES string of the molecule is O=C(CCN1CCOC1)Nc1cc2cc(OC3CCNCC3)ccc2cn1. The molecule has 0 radical (unpaired) electrons. The maximum atomic E-state index is 12.2. The summed E-state index contributed by atoms with van der Waals surface area (Å²) in [5.41, 5.74) is 0. The molecule has 7 nitrogen and oxygen atoms in total. The summed E-state index contributed by atoms with van der Waals surface area (Å²) in [7, 11) is 0. The number of hydrogen-bond acceptors (Lipinski definition) is 6. The van der Waals surface area contributed by atoms with E-state index in [1.165, 1.54) is 0 Å². The minimum atomic E-state index is -0.0316. The van der Waals surface area contributed by atoms with E-state index < -0.39 is 0 Å². The van der Waals surface area contributed by atoms with Gasteiger partial charge in [0.1, 0.15) is 17.7 Å². The van der Waals surface area contributed by atoms with Crippen molar-refractivity contribution in [2.75, 3.05) is 44.8 Å². The molecule has 0 bridgehead atoms. The lowest BCUT2D eigenvalue weighted by molar-refractivity contribution is -0.116. The van der Waals surface area contributed by atoms with Crippen LogP contribution in [-0.2, 0) is 9.53 Å². The van der Waals surface area contributed by atoms with Gasteiger partial charge in [-0.05, 0) is 55.6 Å². The van der Waals surface area contributed by atoms with E-state index in [4.69, 9.17) is 9.47 Å². The molecule has 144 valence electrons. The van der Waals surface area contributed by atoms with Crippen LogP contribution in [0.3, 0.4) is 0 Å². The van der Waals surface area contributed by atoms with Crippen LogP contribution in [0.4, 0.5) is 5.82 Å². The molecule has 1 aromatic carbocycles. The number of ether oxygens (including phenoxy) is 2. The van der Waals surface area contributed by atoms with E-state index in [-0.39, 0.29) is 12.0 Å². The van der Waals surface area contributed by atoms with E-state index in [0.717, 1.165) is 55.6 Å². The van der Waals surface area contributed by atoms with Crippen LogP contribution in [0.1, 0.15) is 19.3 Å². The molecule has 27 heavy (non-hydrogen) atoms. The first-order valence-corrected chi connectivity index (χ1v) is 9.63. The highest BCUT2D eigenvalue weighted by atomic mass is 16.5. The Morgan fingerprint density at radius 1 is 1.30 bits per heavy atom. The fourth-order valence-corrected chi connectivity index (χ4v) is 3.46. The van der Waals surface area contributed by atoms with Crippen LogP contribution in [0.15, 0.2) is 30.5 Å². The molecule has 2 aliphatic rings. The quantitative estimate of drug-likeness (QED) is 0.810. The number of nitrogens with zero attached hydrogens (tertiary/aromatic N) is 2. The normalized spacial score (nSPS) is 18.7. The molecule has 7 heteroatoms. The van der Waals surface area contributed by atoms with Gasteiger partial charge in [-0.1, -0.05) is 0 Å². The fraction of sp³-hybridized carbons (Fsp3) is 0.500. The van der Waals surface area contributed by atoms with Gasteiger partial charge in [-0.3, -0.25) is 9.69 Å². The zero-order chi connectivity index (χ0) is 18.5. The molecule has 0 spiro atoms. The monoisotopic (exact) mass is 370 g/mol. The van der Waals surface area contributed by atoms with Crippen molar-refractivity contribution in [1.82, 2.24) is 15.2 Å². The third kappa shape index (κ3) is 4.94. The third-order valence-electron chi connectivity index (χ3n) is 5.03. The topological polar surface area (TPSA) is 75.7 Å². The van der Waals surface area contributed by atoms with Crippen molar-refractivity contribution in [3.8, 4) is 5.75 Å². The van der Waals surface area contributed by atoms with Crippen LogP contribution in [0.2, 0.25) is 0 Å². The lowest BCUT2D eigenvalue weighted by Gasteiger charge is -2.24. The van der Waals surface area contributed by atoms with Gasteiger partial charge in [0.05, 0.1) is 13.3 Å². The van der Waals surface area contributed by atoms with E-state index in [1.807, 2.05) is 24.3 Å². The van der Waals surface area contributed by atoms with Crippen LogP contribution in [0.25, 0.3) is 10.8 Å². The van der Waals surface area contributed by atoms with Gasteiger partial charge in [0, 0.05) is 31.1 Å². The van der Waals surface area contributed by atoms with E-state index in [1.54, 1.807) is 6.20 Å². The maximum absolute atomic E-state index is 12.2. The summed E-state index contributed by atoms with van der Waals surface area (Å²) in [5.74, 6) is 1.41. The number of piperidine rings is 1. The summed E-state index contributed by atoms with van der Waals surface area (Å²) >= 11 is 0. The maximum Gasteiger partial charge on any atom is 0.226 e. The minimum absolute atomic E-state index is 0.0316. The molecule has 1 aromatic heterocycles. The molecule has 2 aromatic rings. The fourth-order valence-electron chi connectivity index (χ4n) is 3.46. The Morgan fingerprint density at radius 2 is 2.19 bits per heavy atom. The van der Waals surface area contributed by atoms with Crippen LogP contribution >= 0.6 is 0 Å². The van der Waals surface area contributed by atoms with Gasteiger partial charge in [0.2, 0.25) is 5.91 Å². The van der Waals surface area contributed by atoms with Gasteiger partial charge >= 0.3 is 0 Å². The van der Waals surface area contributed by atoms with Crippen molar-refractivity contribution in [2.45, 2.75) is 25.4 Å². The Morgan fingerprint density at radius 3 is 3.00 bits per heavy atom. The molecule has 2 aliphatic heterocycles. The zero-order valence-electron chi connectivity index (χ0n) is 15.4. The smallest absolute Gasteiger partial charge is 0.226 e. The first-order chi connectivity index (χ1) is 13.3. The van der Waals surface area contributed by atoms with Crippen molar-refractivity contribution in [3.63, 3.8) is 0 Å². The lowest BCUT2D eigenvalue weighted by Crippen LogP contribution is -2.34.